The Bertz CT molecular complexity index is 289. The van der Waals surface area contributed by atoms with Crippen molar-refractivity contribution in [3.05, 3.63) is 0 Å². The minimum absolute atomic E-state index is 0. The molecule has 2 N–H and O–H groups in total. The van der Waals surface area contributed by atoms with Crippen LogP contribution in [0.25, 0.3) is 0 Å². The first-order valence-corrected chi connectivity index (χ1v) is 8.99. The molecule has 2 unspecified atom stereocenters. The Morgan fingerprint density at radius 2 is 1.90 bits per heavy atom. The Balaban J connectivity index is 0.00000200. The molecule has 2 aliphatic rings. The van der Waals surface area contributed by atoms with E-state index in [4.69, 9.17) is 5.73 Å². The van der Waals surface area contributed by atoms with Crippen LogP contribution in [0.2, 0.25) is 0 Å². The van der Waals surface area contributed by atoms with E-state index in [1.54, 1.807) is 0 Å². The molecule has 0 bridgehead atoms. The fraction of sp³-hybridized carbons (Fsp3) is 0.933. The van der Waals surface area contributed by atoms with E-state index in [-0.39, 0.29) is 12.4 Å². The Morgan fingerprint density at radius 1 is 1.15 bits per heavy atom. The summed E-state index contributed by atoms with van der Waals surface area (Å²) in [6, 6.07) is 0.545. The van der Waals surface area contributed by atoms with Gasteiger partial charge in [0, 0.05) is 30.0 Å². The summed E-state index contributed by atoms with van der Waals surface area (Å²) in [5.74, 6) is 1.55. The molecule has 118 valence electrons. The number of hydrogen-bond donors (Lipinski definition) is 1. The highest BCUT2D eigenvalue weighted by Gasteiger charge is 2.35. The molecule has 0 aromatic heterocycles. The molecule has 0 aromatic rings. The van der Waals surface area contributed by atoms with Gasteiger partial charge in [0.1, 0.15) is 0 Å². The lowest BCUT2D eigenvalue weighted by Gasteiger charge is -2.43. The zero-order valence-corrected chi connectivity index (χ0v) is 14.0. The minimum atomic E-state index is 0. The molecule has 1 aliphatic heterocycles. The Labute approximate surface area is 133 Å². The summed E-state index contributed by atoms with van der Waals surface area (Å²) >= 11 is 2.10. The van der Waals surface area contributed by atoms with Crippen molar-refractivity contribution in [2.45, 2.75) is 69.1 Å². The number of carbonyl (C=O) groups excluding carboxylic acids is 1. The topological polar surface area (TPSA) is 46.3 Å². The molecule has 1 amide bonds. The molecule has 2 rings (SSSR count). The number of fused-ring (bicyclic) bond motifs is 1. The van der Waals surface area contributed by atoms with E-state index in [1.165, 1.54) is 32.1 Å². The summed E-state index contributed by atoms with van der Waals surface area (Å²) in [6.07, 6.45) is 10.4. The van der Waals surface area contributed by atoms with E-state index >= 15 is 0 Å². The predicted molar refractivity (Wildman–Crippen MR) is 89.6 cm³/mol. The van der Waals surface area contributed by atoms with Gasteiger partial charge in [-0.3, -0.25) is 4.79 Å². The number of rotatable bonds is 6. The summed E-state index contributed by atoms with van der Waals surface area (Å²) in [5, 5.41) is 0.726. The van der Waals surface area contributed by atoms with Crippen LogP contribution in [0, 0.1) is 0 Å². The van der Waals surface area contributed by atoms with Gasteiger partial charge in [0.15, 0.2) is 0 Å². The molecule has 0 aromatic carbocycles. The summed E-state index contributed by atoms with van der Waals surface area (Å²) < 4.78 is 0. The van der Waals surface area contributed by atoms with Gasteiger partial charge < -0.3 is 10.6 Å². The molecular weight excluding hydrogens is 292 g/mol. The number of carbonyl (C=O) groups is 1. The molecular formula is C15H29ClN2OS. The first kappa shape index (κ1) is 18.1. The van der Waals surface area contributed by atoms with Crippen molar-refractivity contribution in [2.24, 2.45) is 5.73 Å². The van der Waals surface area contributed by atoms with E-state index in [0.717, 1.165) is 49.8 Å². The van der Waals surface area contributed by atoms with Crippen LogP contribution in [0.4, 0.5) is 0 Å². The number of amides is 1. The second-order valence-corrected chi connectivity index (χ2v) is 7.15. The molecule has 1 heterocycles. The van der Waals surface area contributed by atoms with Crippen LogP contribution >= 0.6 is 24.2 Å². The van der Waals surface area contributed by atoms with E-state index in [9.17, 15) is 4.79 Å². The molecule has 5 heteroatoms. The predicted octanol–water partition coefficient (Wildman–Crippen LogP) is 3.20. The zero-order valence-electron chi connectivity index (χ0n) is 12.4. The lowest BCUT2D eigenvalue weighted by Crippen LogP contribution is -2.51. The second-order valence-electron chi connectivity index (χ2n) is 5.80. The number of unbranched alkanes of at least 4 members (excludes halogenated alkanes) is 3. The first-order chi connectivity index (χ1) is 9.33. The summed E-state index contributed by atoms with van der Waals surface area (Å²) in [5.41, 5.74) is 5.48. The third kappa shape index (κ3) is 5.12. The van der Waals surface area contributed by atoms with Crippen LogP contribution in [-0.2, 0) is 4.79 Å². The Hall–Kier alpha value is 0.0700. The number of hydrogen-bond acceptors (Lipinski definition) is 3. The van der Waals surface area contributed by atoms with E-state index < -0.39 is 0 Å². The minimum Gasteiger partial charge on any atom is -0.338 e. The van der Waals surface area contributed by atoms with Crippen LogP contribution in [0.5, 0.6) is 0 Å². The molecule has 3 nitrogen and oxygen atoms in total. The molecule has 1 aliphatic carbocycles. The molecule has 1 saturated heterocycles. The highest BCUT2D eigenvalue weighted by molar-refractivity contribution is 8.00. The summed E-state index contributed by atoms with van der Waals surface area (Å²) in [4.78, 5) is 14.6. The molecule has 2 atom stereocenters. The lowest BCUT2D eigenvalue weighted by atomic mass is 9.93. The van der Waals surface area contributed by atoms with E-state index in [2.05, 4.69) is 16.7 Å². The van der Waals surface area contributed by atoms with E-state index in [0.29, 0.717) is 11.9 Å². The van der Waals surface area contributed by atoms with Crippen molar-refractivity contribution in [3.63, 3.8) is 0 Å². The van der Waals surface area contributed by atoms with Gasteiger partial charge in [-0.2, -0.15) is 11.8 Å². The number of nitrogens with zero attached hydrogens (tertiary/aromatic N) is 1. The van der Waals surface area contributed by atoms with Gasteiger partial charge in [-0.05, 0) is 32.2 Å². The van der Waals surface area contributed by atoms with E-state index in [1.807, 2.05) is 0 Å². The van der Waals surface area contributed by atoms with Crippen LogP contribution < -0.4 is 5.73 Å². The van der Waals surface area contributed by atoms with Crippen LogP contribution in [0.3, 0.4) is 0 Å². The summed E-state index contributed by atoms with van der Waals surface area (Å²) in [7, 11) is 0. The van der Waals surface area contributed by atoms with Gasteiger partial charge in [0.2, 0.25) is 5.91 Å². The average Bonchev–Trinajstić information content (AvgIpc) is 2.46. The Kier molecular flexibility index (Phi) is 8.98. The monoisotopic (exact) mass is 320 g/mol. The largest absolute Gasteiger partial charge is 0.338 e. The highest BCUT2D eigenvalue weighted by atomic mass is 35.5. The van der Waals surface area contributed by atoms with Crippen molar-refractivity contribution in [2.75, 3.05) is 18.8 Å². The average molecular weight is 321 g/mol. The molecule has 1 saturated carbocycles. The summed E-state index contributed by atoms with van der Waals surface area (Å²) in [6.45, 7) is 1.76. The lowest BCUT2D eigenvalue weighted by molar-refractivity contribution is -0.134. The van der Waals surface area contributed by atoms with Crippen LogP contribution in [0.1, 0.15) is 57.8 Å². The van der Waals surface area contributed by atoms with Gasteiger partial charge >= 0.3 is 0 Å². The third-order valence-electron chi connectivity index (χ3n) is 4.40. The van der Waals surface area contributed by atoms with Crippen molar-refractivity contribution in [3.8, 4) is 0 Å². The van der Waals surface area contributed by atoms with Gasteiger partial charge in [-0.25, -0.2) is 0 Å². The zero-order chi connectivity index (χ0) is 13.5. The van der Waals surface area contributed by atoms with Crippen molar-refractivity contribution in [1.82, 2.24) is 4.90 Å². The SMILES string of the molecule is Cl.NCCCCCCC(=O)N1CCSC2CCCCC21. The van der Waals surface area contributed by atoms with Gasteiger partial charge in [-0.15, -0.1) is 12.4 Å². The van der Waals surface area contributed by atoms with Crippen molar-refractivity contribution in [1.29, 1.82) is 0 Å². The van der Waals surface area contributed by atoms with Gasteiger partial charge in [0.25, 0.3) is 0 Å². The van der Waals surface area contributed by atoms with Gasteiger partial charge in [-0.1, -0.05) is 25.7 Å². The number of thioether (sulfide) groups is 1. The molecule has 20 heavy (non-hydrogen) atoms. The maximum Gasteiger partial charge on any atom is 0.222 e. The molecule has 0 radical (unpaired) electrons. The van der Waals surface area contributed by atoms with Crippen LogP contribution in [-0.4, -0.2) is 40.9 Å². The number of nitrogens with two attached hydrogens (primary N) is 1. The van der Waals surface area contributed by atoms with Crippen molar-refractivity contribution >= 4 is 30.1 Å². The maximum absolute atomic E-state index is 12.4. The highest BCUT2D eigenvalue weighted by Crippen LogP contribution is 2.35. The molecule has 2 fully saturated rings. The van der Waals surface area contributed by atoms with Gasteiger partial charge in [0.05, 0.1) is 0 Å². The normalized spacial score (nSPS) is 25.8. The quantitative estimate of drug-likeness (QED) is 0.764. The number of halogens is 1. The third-order valence-corrected chi connectivity index (χ3v) is 5.79. The fourth-order valence-corrected chi connectivity index (χ4v) is 4.77. The smallest absolute Gasteiger partial charge is 0.222 e. The second kappa shape index (κ2) is 9.91. The fourth-order valence-electron chi connectivity index (χ4n) is 3.32. The maximum atomic E-state index is 12.4. The Morgan fingerprint density at radius 3 is 2.70 bits per heavy atom. The van der Waals surface area contributed by atoms with Crippen molar-refractivity contribution < 1.29 is 4.79 Å². The first-order valence-electron chi connectivity index (χ1n) is 7.94. The van der Waals surface area contributed by atoms with Crippen LogP contribution in [0.15, 0.2) is 0 Å². The molecule has 0 spiro atoms. The standard InChI is InChI=1S/C15H28N2OS.ClH/c16-10-6-2-1-3-9-15(18)17-11-12-19-14-8-5-4-7-13(14)17;/h13-14H,1-12,16H2;1H.